The van der Waals surface area contributed by atoms with E-state index in [1.807, 2.05) is 21.6 Å². The number of hydrogen-bond acceptors (Lipinski definition) is 5. The molecule has 5 rings (SSSR count). The minimum atomic E-state index is -1.29. The van der Waals surface area contributed by atoms with Crippen LogP contribution in [0.5, 0.6) is 0 Å². The number of carboxylic acids is 1. The minimum absolute atomic E-state index is 0.123. The zero-order chi connectivity index (χ0) is 23.8. The van der Waals surface area contributed by atoms with Crippen molar-refractivity contribution in [3.05, 3.63) is 75.3 Å². The van der Waals surface area contributed by atoms with Crippen molar-refractivity contribution in [3.8, 4) is 0 Å². The zero-order valence-electron chi connectivity index (χ0n) is 18.8. The van der Waals surface area contributed by atoms with Gasteiger partial charge in [-0.25, -0.2) is 9.18 Å². The largest absolute Gasteiger partial charge is 0.477 e. The summed E-state index contributed by atoms with van der Waals surface area (Å²) in [5.41, 5.74) is 2.38. The molecule has 34 heavy (non-hydrogen) atoms. The monoisotopic (exact) mass is 461 g/mol. The van der Waals surface area contributed by atoms with E-state index in [4.69, 9.17) is 6.72 Å². The Bertz CT molecular complexity index is 1310. The maximum absolute atomic E-state index is 15.1. The first-order valence-electron chi connectivity index (χ1n) is 11.5. The van der Waals surface area contributed by atoms with Crippen LogP contribution in [0.1, 0.15) is 40.4 Å². The molecule has 2 aliphatic rings. The molecule has 1 saturated heterocycles. The smallest absolute Gasteiger partial charge is 0.341 e. The Morgan fingerprint density at radius 1 is 1.09 bits per heavy atom. The van der Waals surface area contributed by atoms with Crippen molar-refractivity contribution in [1.82, 2.24) is 9.47 Å². The molecule has 0 amide bonds. The third-order valence-corrected chi connectivity index (χ3v) is 6.69. The van der Waals surface area contributed by atoms with Crippen LogP contribution in [0.15, 0.2) is 52.4 Å². The van der Waals surface area contributed by atoms with Gasteiger partial charge in [0.1, 0.15) is 17.9 Å². The van der Waals surface area contributed by atoms with Gasteiger partial charge in [0.05, 0.1) is 11.2 Å². The summed E-state index contributed by atoms with van der Waals surface area (Å²) in [6.45, 7) is 9.45. The molecular weight excluding hydrogens is 435 g/mol. The van der Waals surface area contributed by atoms with Crippen molar-refractivity contribution >= 4 is 29.3 Å². The lowest BCUT2D eigenvalue weighted by Crippen LogP contribution is -2.46. The number of fused-ring (bicyclic) bond motifs is 1. The van der Waals surface area contributed by atoms with Gasteiger partial charge < -0.3 is 14.6 Å². The van der Waals surface area contributed by atoms with Crippen LogP contribution in [0.3, 0.4) is 0 Å². The molecule has 1 saturated carbocycles. The molecule has 0 radical (unpaired) electrons. The molecule has 1 aliphatic carbocycles. The van der Waals surface area contributed by atoms with E-state index in [1.165, 1.54) is 17.8 Å². The van der Waals surface area contributed by atoms with Gasteiger partial charge in [0.15, 0.2) is 0 Å². The normalized spacial score (nSPS) is 16.6. The lowest BCUT2D eigenvalue weighted by molar-refractivity contribution is 0.0695. The molecule has 174 valence electrons. The molecule has 2 fully saturated rings. The number of carboxylic acid groups (broad SMARTS) is 1. The van der Waals surface area contributed by atoms with Gasteiger partial charge in [0.2, 0.25) is 5.43 Å². The predicted octanol–water partition coefficient (Wildman–Crippen LogP) is 3.57. The second kappa shape index (κ2) is 8.97. The number of piperazine rings is 1. The van der Waals surface area contributed by atoms with E-state index in [-0.39, 0.29) is 17.0 Å². The Morgan fingerprint density at radius 3 is 2.38 bits per heavy atom. The molecule has 1 N–H and O–H groups in total. The molecular formula is C26H26FN4O3+. The Labute approximate surface area is 196 Å². The lowest BCUT2D eigenvalue weighted by Gasteiger charge is -2.36. The number of aromatic nitrogens is 1. The molecule has 2 aromatic carbocycles. The van der Waals surface area contributed by atoms with Gasteiger partial charge in [-0.2, -0.15) is 0 Å². The zero-order valence-corrected chi connectivity index (χ0v) is 18.8. The van der Waals surface area contributed by atoms with Crippen LogP contribution in [0.2, 0.25) is 0 Å². The van der Waals surface area contributed by atoms with Crippen molar-refractivity contribution in [2.75, 3.05) is 31.1 Å². The Balaban J connectivity index is 1.36. The summed E-state index contributed by atoms with van der Waals surface area (Å²) >= 11 is 0. The average Bonchev–Trinajstić information content (AvgIpc) is 3.67. The average molecular weight is 462 g/mol. The fraction of sp³-hybridized carbons (Fsp3) is 0.346. The van der Waals surface area contributed by atoms with Crippen LogP contribution < -0.4 is 10.3 Å². The Hall–Kier alpha value is -3.61. The highest BCUT2D eigenvalue weighted by Crippen LogP contribution is 2.38. The summed E-state index contributed by atoms with van der Waals surface area (Å²) < 4.78 is 17.0. The van der Waals surface area contributed by atoms with Crippen LogP contribution in [0, 0.1) is 5.82 Å². The van der Waals surface area contributed by atoms with Gasteiger partial charge in [0, 0.05) is 50.3 Å². The van der Waals surface area contributed by atoms with Gasteiger partial charge in [-0.3, -0.25) is 9.69 Å². The van der Waals surface area contributed by atoms with E-state index in [9.17, 15) is 14.7 Å². The fourth-order valence-corrected chi connectivity index (χ4v) is 4.67. The van der Waals surface area contributed by atoms with E-state index in [0.29, 0.717) is 30.8 Å². The summed E-state index contributed by atoms with van der Waals surface area (Å²) in [4.78, 5) is 32.2. The quantitative estimate of drug-likeness (QED) is 0.430. The maximum Gasteiger partial charge on any atom is 0.341 e. The van der Waals surface area contributed by atoms with Crippen molar-refractivity contribution in [3.63, 3.8) is 0 Å². The highest BCUT2D eigenvalue weighted by molar-refractivity contribution is 5.93. The Morgan fingerprint density at radius 2 is 1.76 bits per heavy atom. The number of nitrogens with zero attached hydrogens (tertiary/aromatic N) is 4. The van der Waals surface area contributed by atoms with E-state index in [0.717, 1.165) is 38.0 Å². The number of halogens is 1. The van der Waals surface area contributed by atoms with Gasteiger partial charge >= 0.3 is 12.7 Å². The maximum atomic E-state index is 15.1. The SMILES string of the molecule is [CH+]=NCc1ccc(CN2CCN(c3cc4c(cc3F)c(=O)c(C(=O)O)cn4C3CC3)CC2)cc1. The molecule has 0 unspecified atom stereocenters. The van der Waals surface area contributed by atoms with Crippen molar-refractivity contribution in [2.45, 2.75) is 32.0 Å². The van der Waals surface area contributed by atoms with Crippen LogP contribution in [0.4, 0.5) is 10.1 Å². The number of pyridine rings is 1. The fourth-order valence-electron chi connectivity index (χ4n) is 4.67. The summed E-state index contributed by atoms with van der Waals surface area (Å²) in [7, 11) is 0. The second-order valence-corrected chi connectivity index (χ2v) is 9.06. The lowest BCUT2D eigenvalue weighted by atomic mass is 10.1. The standard InChI is InChI=1S/C26H25FN4O3/c1-28-14-17-2-4-18(5-3-17)15-29-8-10-30(11-9-29)24-13-23-20(12-22(24)27)25(32)21(26(33)34)16-31(23)19-6-7-19/h1-5,12-13,16,19H,6-11,14-15H2/p+1. The van der Waals surface area contributed by atoms with Crippen LogP contribution in [-0.2, 0) is 13.1 Å². The second-order valence-electron chi connectivity index (χ2n) is 9.06. The molecule has 0 bridgehead atoms. The number of hydrogen-bond donors (Lipinski definition) is 1. The van der Waals surface area contributed by atoms with Crippen LogP contribution in [0.25, 0.3) is 10.9 Å². The van der Waals surface area contributed by atoms with Gasteiger partial charge in [-0.05, 0) is 41.1 Å². The van der Waals surface area contributed by atoms with Crippen molar-refractivity contribution in [2.24, 2.45) is 4.99 Å². The summed E-state index contributed by atoms with van der Waals surface area (Å²) in [5, 5.41) is 9.54. The molecule has 8 heteroatoms. The third-order valence-electron chi connectivity index (χ3n) is 6.69. The first-order chi connectivity index (χ1) is 16.4. The van der Waals surface area contributed by atoms with Gasteiger partial charge in [-0.15, -0.1) is 0 Å². The molecule has 7 nitrogen and oxygen atoms in total. The number of benzene rings is 2. The Kier molecular flexibility index (Phi) is 5.86. The van der Waals surface area contributed by atoms with Gasteiger partial charge in [0.25, 0.3) is 0 Å². The topological polar surface area (TPSA) is 78.1 Å². The molecule has 1 aromatic heterocycles. The van der Waals surface area contributed by atoms with Crippen molar-refractivity contribution < 1.29 is 14.3 Å². The third kappa shape index (κ3) is 4.30. The first kappa shape index (κ1) is 22.2. The van der Waals surface area contributed by atoms with E-state index in [1.54, 1.807) is 6.07 Å². The molecule has 2 heterocycles. The van der Waals surface area contributed by atoms with E-state index in [2.05, 4.69) is 22.0 Å². The number of rotatable bonds is 7. The summed E-state index contributed by atoms with van der Waals surface area (Å²) in [6, 6.07) is 11.3. The highest BCUT2D eigenvalue weighted by atomic mass is 19.1. The first-order valence-corrected chi connectivity index (χ1v) is 11.5. The molecule has 0 atom stereocenters. The molecule has 0 spiro atoms. The highest BCUT2D eigenvalue weighted by Gasteiger charge is 2.28. The molecule has 3 aromatic rings. The van der Waals surface area contributed by atoms with E-state index < -0.39 is 17.2 Å². The minimum Gasteiger partial charge on any atom is -0.477 e. The number of aromatic carboxylic acids is 1. The van der Waals surface area contributed by atoms with E-state index >= 15 is 4.39 Å². The van der Waals surface area contributed by atoms with Crippen LogP contribution in [-0.4, -0.2) is 53.4 Å². The van der Waals surface area contributed by atoms with Gasteiger partial charge in [-0.1, -0.05) is 24.3 Å². The predicted molar refractivity (Wildman–Crippen MR) is 130 cm³/mol. The van der Waals surface area contributed by atoms with Crippen molar-refractivity contribution in [1.29, 1.82) is 0 Å². The number of anilines is 1. The molecule has 1 aliphatic heterocycles. The summed E-state index contributed by atoms with van der Waals surface area (Å²) in [5.74, 6) is -1.78. The number of carbonyl (C=O) groups is 1. The van der Waals surface area contributed by atoms with Crippen LogP contribution >= 0.6 is 0 Å². The summed E-state index contributed by atoms with van der Waals surface area (Å²) in [6.07, 6.45) is 3.26. The number of aliphatic imine (C=N–C) groups is 1.